The summed E-state index contributed by atoms with van der Waals surface area (Å²) in [6, 6.07) is 3.77. The lowest BCUT2D eigenvalue weighted by Crippen LogP contribution is -2.31. The van der Waals surface area contributed by atoms with Crippen molar-refractivity contribution in [3.05, 3.63) is 27.2 Å². The number of rotatable bonds is 7. The van der Waals surface area contributed by atoms with E-state index >= 15 is 0 Å². The Morgan fingerprint density at radius 3 is 2.28 bits per heavy atom. The van der Waals surface area contributed by atoms with E-state index in [2.05, 4.69) is 19.2 Å². The molecule has 0 aliphatic rings. The van der Waals surface area contributed by atoms with Crippen molar-refractivity contribution in [1.29, 1.82) is 0 Å². The molecule has 1 aromatic carbocycles. The van der Waals surface area contributed by atoms with Gasteiger partial charge in [0.25, 0.3) is 0 Å². The molecule has 0 aromatic heterocycles. The Bertz CT molecular complexity index is 381. The fraction of sp³-hybridized carbons (Fsp3) is 0.538. The molecule has 0 saturated heterocycles. The quantitative estimate of drug-likeness (QED) is 0.577. The highest BCUT2D eigenvalue weighted by atomic mass is 35.5. The van der Waals surface area contributed by atoms with Crippen LogP contribution in [0.2, 0.25) is 15.1 Å². The van der Waals surface area contributed by atoms with Crippen molar-refractivity contribution in [2.45, 2.75) is 32.7 Å². The highest BCUT2D eigenvalue weighted by Crippen LogP contribution is 2.33. The lowest BCUT2D eigenvalue weighted by Gasteiger charge is -2.15. The maximum atomic E-state index is 6.01. The maximum absolute atomic E-state index is 6.01. The van der Waals surface area contributed by atoms with E-state index in [4.69, 9.17) is 39.5 Å². The lowest BCUT2D eigenvalue weighted by molar-refractivity contribution is 0.302. The molecule has 0 atom stereocenters. The molecule has 0 saturated carbocycles. The molecule has 1 N–H and O–H groups in total. The first-order valence-corrected chi connectivity index (χ1v) is 7.22. The highest BCUT2D eigenvalue weighted by Gasteiger charge is 2.07. The fourth-order valence-corrected chi connectivity index (χ4v) is 2.21. The smallest absolute Gasteiger partial charge is 0.139 e. The van der Waals surface area contributed by atoms with Gasteiger partial charge in [-0.3, -0.25) is 0 Å². The monoisotopic (exact) mass is 309 g/mol. The topological polar surface area (TPSA) is 21.3 Å². The van der Waals surface area contributed by atoms with E-state index in [1.165, 1.54) is 0 Å². The summed E-state index contributed by atoms with van der Waals surface area (Å²) in [5.41, 5.74) is 0. The molecule has 0 amide bonds. The molecule has 0 bridgehead atoms. The van der Waals surface area contributed by atoms with Gasteiger partial charge in [0.1, 0.15) is 12.4 Å². The van der Waals surface area contributed by atoms with Crippen molar-refractivity contribution in [3.63, 3.8) is 0 Å². The zero-order valence-electron chi connectivity index (χ0n) is 10.6. The van der Waals surface area contributed by atoms with Crippen LogP contribution in [0.15, 0.2) is 12.1 Å². The summed E-state index contributed by atoms with van der Waals surface area (Å²) in [6.07, 6.45) is 2.23. The molecule has 0 heterocycles. The third-order valence-corrected chi connectivity index (χ3v) is 3.77. The predicted octanol–water partition coefficient (Wildman–Crippen LogP) is 4.80. The average molecular weight is 311 g/mol. The Labute approximate surface area is 124 Å². The van der Waals surface area contributed by atoms with Crippen molar-refractivity contribution in [2.75, 3.05) is 13.2 Å². The van der Waals surface area contributed by atoms with Crippen LogP contribution in [-0.2, 0) is 0 Å². The van der Waals surface area contributed by atoms with E-state index in [9.17, 15) is 0 Å². The van der Waals surface area contributed by atoms with Crippen molar-refractivity contribution >= 4 is 34.8 Å². The molecule has 0 radical (unpaired) electrons. The van der Waals surface area contributed by atoms with Gasteiger partial charge in [-0.2, -0.15) is 0 Å². The van der Waals surface area contributed by atoms with Crippen molar-refractivity contribution in [1.82, 2.24) is 5.32 Å². The molecule has 0 aliphatic heterocycles. The lowest BCUT2D eigenvalue weighted by atomic mass is 10.2. The minimum atomic E-state index is 0.434. The predicted molar refractivity (Wildman–Crippen MR) is 79.3 cm³/mol. The third kappa shape index (κ3) is 4.85. The third-order valence-electron chi connectivity index (χ3n) is 2.75. The summed E-state index contributed by atoms with van der Waals surface area (Å²) in [5.74, 6) is 0.567. The van der Waals surface area contributed by atoms with Crippen LogP contribution in [0, 0.1) is 0 Å². The molecule has 102 valence electrons. The van der Waals surface area contributed by atoms with Crippen LogP contribution in [0.25, 0.3) is 0 Å². The molecule has 18 heavy (non-hydrogen) atoms. The van der Waals surface area contributed by atoms with E-state index in [-0.39, 0.29) is 0 Å². The van der Waals surface area contributed by atoms with Crippen LogP contribution in [0.5, 0.6) is 5.75 Å². The Balaban J connectivity index is 2.42. The van der Waals surface area contributed by atoms with E-state index in [0.29, 0.717) is 33.5 Å². The summed E-state index contributed by atoms with van der Waals surface area (Å²) in [6.45, 7) is 5.66. The summed E-state index contributed by atoms with van der Waals surface area (Å²) in [5, 5.41) is 4.77. The highest BCUT2D eigenvalue weighted by molar-refractivity contribution is 6.43. The Hall–Kier alpha value is -0.150. The molecule has 0 unspecified atom stereocenters. The van der Waals surface area contributed by atoms with Gasteiger partial charge >= 0.3 is 0 Å². The maximum Gasteiger partial charge on any atom is 0.139 e. The molecule has 0 aliphatic carbocycles. The van der Waals surface area contributed by atoms with Crippen molar-refractivity contribution < 1.29 is 4.74 Å². The van der Waals surface area contributed by atoms with Crippen LogP contribution in [0.1, 0.15) is 26.7 Å². The van der Waals surface area contributed by atoms with Gasteiger partial charge in [0.05, 0.1) is 15.1 Å². The van der Waals surface area contributed by atoms with E-state index in [1.54, 1.807) is 12.1 Å². The SMILES string of the molecule is CCC(CC)NCCOc1cc(Cl)c(Cl)cc1Cl. The minimum absolute atomic E-state index is 0.434. The first-order chi connectivity index (χ1) is 8.58. The van der Waals surface area contributed by atoms with E-state index in [0.717, 1.165) is 19.4 Å². The average Bonchev–Trinajstić information content (AvgIpc) is 2.35. The van der Waals surface area contributed by atoms with Crippen LogP contribution in [0.4, 0.5) is 0 Å². The molecular weight excluding hydrogens is 293 g/mol. The Morgan fingerprint density at radius 2 is 1.67 bits per heavy atom. The first-order valence-electron chi connectivity index (χ1n) is 6.09. The summed E-state index contributed by atoms with van der Waals surface area (Å²) < 4.78 is 5.57. The van der Waals surface area contributed by atoms with Gasteiger partial charge in [-0.05, 0) is 18.9 Å². The zero-order valence-corrected chi connectivity index (χ0v) is 12.9. The minimum Gasteiger partial charge on any atom is -0.491 e. The summed E-state index contributed by atoms with van der Waals surface area (Å²) >= 11 is 17.8. The zero-order chi connectivity index (χ0) is 13.5. The number of hydrogen-bond acceptors (Lipinski definition) is 2. The van der Waals surface area contributed by atoms with Crippen LogP contribution < -0.4 is 10.1 Å². The number of ether oxygens (including phenoxy) is 1. The van der Waals surface area contributed by atoms with Gasteiger partial charge in [-0.15, -0.1) is 0 Å². The van der Waals surface area contributed by atoms with Gasteiger partial charge in [-0.25, -0.2) is 0 Å². The van der Waals surface area contributed by atoms with Crippen molar-refractivity contribution in [2.24, 2.45) is 0 Å². The van der Waals surface area contributed by atoms with Gasteiger partial charge in [0.2, 0.25) is 0 Å². The molecule has 0 spiro atoms. The van der Waals surface area contributed by atoms with Gasteiger partial charge < -0.3 is 10.1 Å². The summed E-state index contributed by atoms with van der Waals surface area (Å²) in [4.78, 5) is 0. The largest absolute Gasteiger partial charge is 0.491 e. The summed E-state index contributed by atoms with van der Waals surface area (Å²) in [7, 11) is 0. The van der Waals surface area contributed by atoms with E-state index < -0.39 is 0 Å². The molecule has 1 aromatic rings. The van der Waals surface area contributed by atoms with Crippen LogP contribution >= 0.6 is 34.8 Å². The second-order valence-corrected chi connectivity index (χ2v) is 5.23. The number of hydrogen-bond donors (Lipinski definition) is 1. The Morgan fingerprint density at radius 1 is 1.06 bits per heavy atom. The number of benzene rings is 1. The van der Waals surface area contributed by atoms with Crippen LogP contribution in [-0.4, -0.2) is 19.2 Å². The number of nitrogens with one attached hydrogen (secondary N) is 1. The molecule has 5 heteroatoms. The van der Waals surface area contributed by atoms with Crippen molar-refractivity contribution in [3.8, 4) is 5.75 Å². The molecule has 2 nitrogen and oxygen atoms in total. The molecule has 1 rings (SSSR count). The van der Waals surface area contributed by atoms with Gasteiger partial charge in [0.15, 0.2) is 0 Å². The standard InChI is InChI=1S/C13H18Cl3NO/c1-3-9(4-2)17-5-6-18-13-8-11(15)10(14)7-12(13)16/h7-9,17H,3-6H2,1-2H3. The fourth-order valence-electron chi connectivity index (χ4n) is 1.62. The second-order valence-electron chi connectivity index (χ2n) is 4.01. The second kappa shape index (κ2) is 8.11. The molecule has 0 fully saturated rings. The van der Waals surface area contributed by atoms with Gasteiger partial charge in [-0.1, -0.05) is 48.7 Å². The van der Waals surface area contributed by atoms with Gasteiger partial charge in [0, 0.05) is 18.7 Å². The molecular formula is C13H18Cl3NO. The Kier molecular flexibility index (Phi) is 7.16. The number of halogens is 3. The first kappa shape index (κ1) is 15.9. The van der Waals surface area contributed by atoms with Crippen LogP contribution in [0.3, 0.4) is 0 Å². The normalized spacial score (nSPS) is 11.0. The van der Waals surface area contributed by atoms with E-state index in [1.807, 2.05) is 0 Å².